The van der Waals surface area contributed by atoms with E-state index in [1.165, 1.54) is 6.92 Å². The zero-order chi connectivity index (χ0) is 17.3. The highest BCUT2D eigenvalue weighted by molar-refractivity contribution is 8.76. The van der Waals surface area contributed by atoms with Gasteiger partial charge in [0.25, 0.3) is 0 Å². The van der Waals surface area contributed by atoms with Gasteiger partial charge in [0.1, 0.15) is 12.1 Å². The summed E-state index contributed by atoms with van der Waals surface area (Å²) in [5.74, 6) is -3.28. The lowest BCUT2D eigenvalue weighted by molar-refractivity contribution is -0.141. The summed E-state index contributed by atoms with van der Waals surface area (Å²) in [6, 6.07) is -2.08. The highest BCUT2D eigenvalue weighted by atomic mass is 33.1. The fourth-order valence-electron chi connectivity index (χ4n) is 1.17. The first-order chi connectivity index (χ1) is 10.1. The highest BCUT2D eigenvalue weighted by Gasteiger charge is 2.23. The molecule has 22 heavy (non-hydrogen) atoms. The van der Waals surface area contributed by atoms with Gasteiger partial charge in [0, 0.05) is 24.3 Å². The molecule has 2 atom stereocenters. The normalized spacial score (nSPS) is 13.3. The Morgan fingerprint density at radius 2 is 1.32 bits per heavy atom. The van der Waals surface area contributed by atoms with E-state index < -0.39 is 29.9 Å². The first kappa shape index (κ1) is 20.6. The summed E-state index contributed by atoms with van der Waals surface area (Å²) in [4.78, 5) is 44.3. The maximum Gasteiger partial charge on any atom is 0.327 e. The Hall–Kier alpha value is -1.42. The lowest BCUT2D eigenvalue weighted by atomic mass is 10.2. The van der Waals surface area contributed by atoms with Crippen molar-refractivity contribution in [1.82, 2.24) is 10.6 Å². The molecule has 0 rings (SSSR count). The van der Waals surface area contributed by atoms with Crippen LogP contribution >= 0.6 is 21.6 Å². The van der Waals surface area contributed by atoms with Crippen LogP contribution in [0.15, 0.2) is 0 Å². The van der Waals surface area contributed by atoms with Crippen molar-refractivity contribution in [2.45, 2.75) is 32.9 Å². The molecule has 0 aromatic carbocycles. The Kier molecular flexibility index (Phi) is 9.66. The van der Waals surface area contributed by atoms with Crippen molar-refractivity contribution >= 4 is 45.3 Å². The van der Waals surface area contributed by atoms with E-state index >= 15 is 0 Å². The molecule has 0 heterocycles. The summed E-state index contributed by atoms with van der Waals surface area (Å²) in [6.07, 6.45) is 0. The standard InChI is InChI=1S/C12H20N2O6S2/c1-6(2)10(16)14-9(12(19)20)5-22-21-4-8(11(17)18)13-7(3)15/h6,8-9H,4-5H2,1-3H3,(H,13,15)(H,14,16)(H,17,18)(H,19,20)/t8-,9-/m0/s1. The molecule has 0 unspecified atom stereocenters. The van der Waals surface area contributed by atoms with E-state index in [9.17, 15) is 19.2 Å². The van der Waals surface area contributed by atoms with Gasteiger partial charge in [-0.3, -0.25) is 9.59 Å². The molecule has 0 bridgehead atoms. The van der Waals surface area contributed by atoms with E-state index in [0.717, 1.165) is 21.6 Å². The van der Waals surface area contributed by atoms with Gasteiger partial charge < -0.3 is 20.8 Å². The minimum atomic E-state index is -1.16. The summed E-state index contributed by atoms with van der Waals surface area (Å²) >= 11 is 0. The Balaban J connectivity index is 4.27. The van der Waals surface area contributed by atoms with Crippen molar-refractivity contribution in [3.8, 4) is 0 Å². The van der Waals surface area contributed by atoms with Crippen LogP contribution in [0.3, 0.4) is 0 Å². The minimum absolute atomic E-state index is 0.0873. The number of rotatable bonds is 10. The molecular formula is C12H20N2O6S2. The van der Waals surface area contributed by atoms with Gasteiger partial charge in [0.2, 0.25) is 11.8 Å². The predicted molar refractivity (Wildman–Crippen MR) is 84.6 cm³/mol. The van der Waals surface area contributed by atoms with Gasteiger partial charge in [-0.25, -0.2) is 9.59 Å². The molecule has 10 heteroatoms. The zero-order valence-electron chi connectivity index (χ0n) is 12.5. The second-order valence-electron chi connectivity index (χ2n) is 4.71. The van der Waals surface area contributed by atoms with Crippen molar-refractivity contribution in [1.29, 1.82) is 0 Å². The van der Waals surface area contributed by atoms with Gasteiger partial charge in [-0.2, -0.15) is 0 Å². The Morgan fingerprint density at radius 3 is 1.64 bits per heavy atom. The van der Waals surface area contributed by atoms with Crippen LogP contribution in [0.4, 0.5) is 0 Å². The first-order valence-electron chi connectivity index (χ1n) is 6.42. The monoisotopic (exact) mass is 352 g/mol. The molecule has 2 amide bonds. The van der Waals surface area contributed by atoms with Crippen molar-refractivity contribution in [3.05, 3.63) is 0 Å². The maximum absolute atomic E-state index is 11.5. The van der Waals surface area contributed by atoms with Crippen LogP contribution in [0, 0.1) is 5.92 Å². The van der Waals surface area contributed by atoms with Crippen molar-refractivity contribution < 1.29 is 29.4 Å². The number of carbonyl (C=O) groups is 4. The Bertz CT molecular complexity index is 430. The third kappa shape index (κ3) is 8.78. The molecule has 0 fully saturated rings. The van der Waals surface area contributed by atoms with Gasteiger partial charge in [-0.1, -0.05) is 35.4 Å². The highest BCUT2D eigenvalue weighted by Crippen LogP contribution is 2.23. The third-order valence-corrected chi connectivity index (χ3v) is 4.79. The molecule has 0 aliphatic carbocycles. The van der Waals surface area contributed by atoms with Crippen LogP contribution in [0.1, 0.15) is 20.8 Å². The van der Waals surface area contributed by atoms with Crippen LogP contribution in [-0.2, 0) is 19.2 Å². The number of amides is 2. The second kappa shape index (κ2) is 10.3. The molecule has 0 aliphatic rings. The van der Waals surface area contributed by atoms with E-state index in [-0.39, 0.29) is 23.3 Å². The lowest BCUT2D eigenvalue weighted by Crippen LogP contribution is -2.44. The second-order valence-corrected chi connectivity index (χ2v) is 7.27. The van der Waals surface area contributed by atoms with Crippen molar-refractivity contribution in [3.63, 3.8) is 0 Å². The average Bonchev–Trinajstić information content (AvgIpc) is 2.39. The summed E-state index contributed by atoms with van der Waals surface area (Å²) < 4.78 is 0. The van der Waals surface area contributed by atoms with E-state index in [4.69, 9.17) is 10.2 Å². The number of aliphatic carboxylic acids is 2. The van der Waals surface area contributed by atoms with Gasteiger partial charge in [0.05, 0.1) is 0 Å². The number of hydrogen-bond acceptors (Lipinski definition) is 6. The minimum Gasteiger partial charge on any atom is -0.480 e. The van der Waals surface area contributed by atoms with Crippen LogP contribution < -0.4 is 10.6 Å². The summed E-state index contributed by atoms with van der Waals surface area (Å²) in [5.41, 5.74) is 0. The molecule has 8 nitrogen and oxygen atoms in total. The maximum atomic E-state index is 11.5. The molecule has 0 aromatic heterocycles. The summed E-state index contributed by atoms with van der Waals surface area (Å²) in [7, 11) is 2.24. The molecule has 4 N–H and O–H groups in total. The number of nitrogens with one attached hydrogen (secondary N) is 2. The summed E-state index contributed by atoms with van der Waals surface area (Å²) in [5, 5.41) is 22.6. The van der Waals surface area contributed by atoms with Gasteiger partial charge >= 0.3 is 11.9 Å². The number of carboxylic acids is 2. The average molecular weight is 352 g/mol. The predicted octanol–water partition coefficient (Wildman–Crippen LogP) is 0.182. The molecule has 0 aliphatic heterocycles. The summed E-state index contributed by atoms with van der Waals surface area (Å²) in [6.45, 7) is 4.53. The topological polar surface area (TPSA) is 133 Å². The van der Waals surface area contributed by atoms with Crippen LogP contribution in [-0.4, -0.2) is 57.6 Å². The van der Waals surface area contributed by atoms with E-state index in [1.807, 2.05) is 0 Å². The molecular weight excluding hydrogens is 332 g/mol. The zero-order valence-corrected chi connectivity index (χ0v) is 14.1. The molecule has 0 spiro atoms. The molecule has 0 saturated carbocycles. The number of hydrogen-bond donors (Lipinski definition) is 4. The SMILES string of the molecule is CC(=O)N[C@@H](CSSC[C@H](NC(=O)C(C)C)C(=O)O)C(=O)O. The van der Waals surface area contributed by atoms with Gasteiger partial charge in [-0.15, -0.1) is 0 Å². The Morgan fingerprint density at radius 1 is 0.909 bits per heavy atom. The number of carbonyl (C=O) groups excluding carboxylic acids is 2. The molecule has 0 aromatic rings. The van der Waals surface area contributed by atoms with Crippen molar-refractivity contribution in [2.24, 2.45) is 5.92 Å². The quantitative estimate of drug-likeness (QED) is 0.323. The molecule has 0 radical (unpaired) electrons. The first-order valence-corrected chi connectivity index (χ1v) is 8.91. The third-order valence-electron chi connectivity index (χ3n) is 2.37. The van der Waals surface area contributed by atoms with Gasteiger partial charge in [-0.05, 0) is 0 Å². The Labute approximate surface area is 136 Å². The van der Waals surface area contributed by atoms with Crippen LogP contribution in [0.2, 0.25) is 0 Å². The fraction of sp³-hybridized carbons (Fsp3) is 0.667. The fourth-order valence-corrected chi connectivity index (χ4v) is 3.48. The van der Waals surface area contributed by atoms with E-state index in [0.29, 0.717) is 0 Å². The van der Waals surface area contributed by atoms with Crippen LogP contribution in [0.5, 0.6) is 0 Å². The van der Waals surface area contributed by atoms with Crippen LogP contribution in [0.25, 0.3) is 0 Å². The van der Waals surface area contributed by atoms with E-state index in [1.54, 1.807) is 13.8 Å². The van der Waals surface area contributed by atoms with Gasteiger partial charge in [0.15, 0.2) is 0 Å². The smallest absolute Gasteiger partial charge is 0.327 e. The largest absolute Gasteiger partial charge is 0.480 e. The molecule has 0 saturated heterocycles. The van der Waals surface area contributed by atoms with E-state index in [2.05, 4.69) is 10.6 Å². The van der Waals surface area contributed by atoms with Crippen molar-refractivity contribution in [2.75, 3.05) is 11.5 Å². The number of carboxylic acid groups (broad SMARTS) is 2. The lowest BCUT2D eigenvalue weighted by Gasteiger charge is -2.16. The molecule has 126 valence electrons.